The quantitative estimate of drug-likeness (QED) is 0.778. The first-order chi connectivity index (χ1) is 11.5. The third kappa shape index (κ3) is 2.73. The predicted octanol–water partition coefficient (Wildman–Crippen LogP) is 2.17. The van der Waals surface area contributed by atoms with E-state index in [1.54, 1.807) is 41.0 Å². The van der Waals surface area contributed by atoms with Crippen molar-refractivity contribution in [1.29, 1.82) is 0 Å². The number of aromatic amines is 1. The number of aromatic nitrogens is 3. The summed E-state index contributed by atoms with van der Waals surface area (Å²) in [6, 6.07) is 5.25. The van der Waals surface area contributed by atoms with Gasteiger partial charge in [-0.05, 0) is 31.5 Å². The number of fused-ring (bicyclic) bond motifs is 1. The summed E-state index contributed by atoms with van der Waals surface area (Å²) in [5.74, 6) is -0.114. The lowest BCUT2D eigenvalue weighted by Gasteiger charge is -2.17. The van der Waals surface area contributed by atoms with Gasteiger partial charge in [-0.25, -0.2) is 4.79 Å². The van der Waals surface area contributed by atoms with E-state index in [2.05, 4.69) is 10.1 Å². The van der Waals surface area contributed by atoms with Crippen LogP contribution in [0.5, 0.6) is 0 Å². The highest BCUT2D eigenvalue weighted by Gasteiger charge is 2.17. The smallest absolute Gasteiger partial charge is 0.326 e. The summed E-state index contributed by atoms with van der Waals surface area (Å²) in [6.07, 6.45) is 2.33. The van der Waals surface area contributed by atoms with E-state index in [4.69, 9.17) is 4.52 Å². The molecule has 3 rings (SSSR count). The third-order valence-corrected chi connectivity index (χ3v) is 4.16. The lowest BCUT2D eigenvalue weighted by Crippen LogP contribution is -2.26. The van der Waals surface area contributed by atoms with Crippen molar-refractivity contribution in [3.63, 3.8) is 0 Å². The summed E-state index contributed by atoms with van der Waals surface area (Å²) in [4.78, 5) is 29.0. The van der Waals surface area contributed by atoms with Gasteiger partial charge in [0, 0.05) is 24.7 Å². The molecule has 7 heteroatoms. The summed E-state index contributed by atoms with van der Waals surface area (Å²) in [5, 5.41) is 3.93. The van der Waals surface area contributed by atoms with E-state index in [0.29, 0.717) is 18.7 Å². The van der Waals surface area contributed by atoms with E-state index in [0.717, 1.165) is 28.7 Å². The zero-order valence-electron chi connectivity index (χ0n) is 14.0. The first kappa shape index (κ1) is 16.0. The molecular formula is C17H20N4O3. The average molecular weight is 328 g/mol. The molecule has 0 unspecified atom stereocenters. The molecule has 24 heavy (non-hydrogen) atoms. The number of benzene rings is 1. The normalized spacial score (nSPS) is 11.1. The largest absolute Gasteiger partial charge is 0.364 e. The van der Waals surface area contributed by atoms with E-state index in [-0.39, 0.29) is 11.6 Å². The van der Waals surface area contributed by atoms with Crippen LogP contribution in [0.3, 0.4) is 0 Å². The van der Waals surface area contributed by atoms with Crippen LogP contribution in [0, 0.1) is 0 Å². The van der Waals surface area contributed by atoms with Crippen LogP contribution in [0.25, 0.3) is 11.0 Å². The molecule has 2 aromatic heterocycles. The Kier molecular flexibility index (Phi) is 4.24. The highest BCUT2D eigenvalue weighted by Crippen LogP contribution is 2.16. The highest BCUT2D eigenvalue weighted by molar-refractivity contribution is 5.97. The fraction of sp³-hybridized carbons (Fsp3) is 0.353. The van der Waals surface area contributed by atoms with Gasteiger partial charge >= 0.3 is 5.69 Å². The number of amides is 1. The first-order valence-electron chi connectivity index (χ1n) is 7.95. The Morgan fingerprint density at radius 2 is 2.17 bits per heavy atom. The molecule has 1 amide bonds. The molecular weight excluding hydrogens is 308 g/mol. The van der Waals surface area contributed by atoms with Gasteiger partial charge in [-0.15, -0.1) is 0 Å². The Labute approximate surface area is 138 Å². The second-order valence-corrected chi connectivity index (χ2v) is 5.71. The van der Waals surface area contributed by atoms with E-state index in [1.165, 1.54) is 0 Å². The fourth-order valence-corrected chi connectivity index (χ4v) is 2.85. The lowest BCUT2D eigenvalue weighted by atomic mass is 10.1. The Morgan fingerprint density at radius 1 is 1.38 bits per heavy atom. The van der Waals surface area contributed by atoms with Crippen LogP contribution in [0.2, 0.25) is 0 Å². The summed E-state index contributed by atoms with van der Waals surface area (Å²) >= 11 is 0. The van der Waals surface area contributed by atoms with Crippen LogP contribution < -0.4 is 5.69 Å². The zero-order valence-corrected chi connectivity index (χ0v) is 14.0. The van der Waals surface area contributed by atoms with Gasteiger partial charge in [-0.1, -0.05) is 12.1 Å². The van der Waals surface area contributed by atoms with Gasteiger partial charge in [0.25, 0.3) is 5.91 Å². The number of carbonyl (C=O) groups is 1. The lowest BCUT2D eigenvalue weighted by molar-refractivity contribution is 0.0785. The molecule has 3 aromatic rings. The molecule has 0 bridgehead atoms. The van der Waals surface area contributed by atoms with E-state index in [9.17, 15) is 9.59 Å². The summed E-state index contributed by atoms with van der Waals surface area (Å²) in [6.45, 7) is 4.87. The first-order valence-corrected chi connectivity index (χ1v) is 7.95. The molecule has 1 N–H and O–H groups in total. The number of imidazole rings is 1. The van der Waals surface area contributed by atoms with Crippen molar-refractivity contribution < 1.29 is 9.32 Å². The van der Waals surface area contributed by atoms with Crippen LogP contribution in [-0.4, -0.2) is 32.6 Å². The third-order valence-electron chi connectivity index (χ3n) is 4.16. The molecule has 1 aromatic carbocycles. The van der Waals surface area contributed by atoms with Crippen molar-refractivity contribution in [1.82, 2.24) is 19.6 Å². The second kappa shape index (κ2) is 6.35. The van der Waals surface area contributed by atoms with Crippen molar-refractivity contribution in [2.45, 2.75) is 33.4 Å². The fourth-order valence-electron chi connectivity index (χ4n) is 2.85. The number of carbonyl (C=O) groups excluding carboxylic acids is 1. The van der Waals surface area contributed by atoms with Gasteiger partial charge in [0.15, 0.2) is 0 Å². The molecule has 126 valence electrons. The van der Waals surface area contributed by atoms with Crippen molar-refractivity contribution in [3.8, 4) is 0 Å². The van der Waals surface area contributed by atoms with Gasteiger partial charge in [-0.2, -0.15) is 0 Å². The minimum Gasteiger partial charge on any atom is -0.364 e. The maximum atomic E-state index is 12.7. The van der Waals surface area contributed by atoms with E-state index < -0.39 is 0 Å². The van der Waals surface area contributed by atoms with Gasteiger partial charge in [0.2, 0.25) is 0 Å². The number of H-pyrrole nitrogens is 1. The maximum absolute atomic E-state index is 12.7. The number of nitrogens with zero attached hydrogens (tertiary/aromatic N) is 3. The zero-order chi connectivity index (χ0) is 17.3. The van der Waals surface area contributed by atoms with Gasteiger partial charge < -0.3 is 14.4 Å². The summed E-state index contributed by atoms with van der Waals surface area (Å²) in [5.41, 5.74) is 3.61. The molecule has 0 aliphatic rings. The molecule has 2 heterocycles. The summed E-state index contributed by atoms with van der Waals surface area (Å²) in [7, 11) is 1.74. The molecule has 0 saturated carbocycles. The molecule has 0 radical (unpaired) electrons. The summed E-state index contributed by atoms with van der Waals surface area (Å²) < 4.78 is 6.60. The minimum atomic E-state index is -0.164. The minimum absolute atomic E-state index is 0.114. The topological polar surface area (TPSA) is 84.1 Å². The Morgan fingerprint density at radius 3 is 2.88 bits per heavy atom. The Hall–Kier alpha value is -2.83. The second-order valence-electron chi connectivity index (χ2n) is 5.71. The SMILES string of the molecule is CCc1nocc1CN(C)C(=O)c1ccc2[nH]c(=O)n(CC)c2c1. The molecule has 7 nitrogen and oxygen atoms in total. The molecule has 0 fully saturated rings. The van der Waals surface area contributed by atoms with Crippen LogP contribution in [0.4, 0.5) is 0 Å². The van der Waals surface area contributed by atoms with Crippen LogP contribution in [-0.2, 0) is 19.5 Å². The molecule has 0 aliphatic carbocycles. The Bertz CT molecular complexity index is 935. The van der Waals surface area contributed by atoms with Gasteiger partial charge in [0.05, 0.1) is 23.3 Å². The van der Waals surface area contributed by atoms with Crippen LogP contribution >= 0.6 is 0 Å². The average Bonchev–Trinajstić information content (AvgIpc) is 3.15. The van der Waals surface area contributed by atoms with Crippen molar-refractivity contribution in [2.75, 3.05) is 7.05 Å². The number of rotatable bonds is 5. The number of hydrogen-bond acceptors (Lipinski definition) is 4. The van der Waals surface area contributed by atoms with Crippen LogP contribution in [0.1, 0.15) is 35.5 Å². The van der Waals surface area contributed by atoms with E-state index >= 15 is 0 Å². The van der Waals surface area contributed by atoms with E-state index in [1.807, 2.05) is 13.8 Å². The maximum Gasteiger partial charge on any atom is 0.326 e. The molecule has 0 aliphatic heterocycles. The van der Waals surface area contributed by atoms with Gasteiger partial charge in [-0.3, -0.25) is 9.36 Å². The molecule has 0 atom stereocenters. The Balaban J connectivity index is 1.89. The predicted molar refractivity (Wildman–Crippen MR) is 89.9 cm³/mol. The van der Waals surface area contributed by atoms with Crippen molar-refractivity contribution >= 4 is 16.9 Å². The molecule has 0 spiro atoms. The highest BCUT2D eigenvalue weighted by atomic mass is 16.5. The van der Waals surface area contributed by atoms with Crippen molar-refractivity contribution in [2.24, 2.45) is 0 Å². The van der Waals surface area contributed by atoms with Crippen LogP contribution in [0.15, 0.2) is 33.8 Å². The number of aryl methyl sites for hydroxylation is 2. The van der Waals surface area contributed by atoms with Gasteiger partial charge in [0.1, 0.15) is 6.26 Å². The number of hydrogen-bond donors (Lipinski definition) is 1. The van der Waals surface area contributed by atoms with Crippen molar-refractivity contribution in [3.05, 3.63) is 51.8 Å². The molecule has 0 saturated heterocycles. The monoisotopic (exact) mass is 328 g/mol. The number of nitrogens with one attached hydrogen (secondary N) is 1. The standard InChI is InChI=1S/C17H20N4O3/c1-4-13-12(10-24-19-13)9-20(3)16(22)11-6-7-14-15(8-11)21(5-2)17(23)18-14/h6-8,10H,4-5,9H2,1-3H3,(H,18,23).